The summed E-state index contributed by atoms with van der Waals surface area (Å²) in [5.41, 5.74) is 0.0250. The first-order valence-electron chi connectivity index (χ1n) is 4.66. The molecule has 6 heteroatoms. The second kappa shape index (κ2) is 5.52. The first kappa shape index (κ1) is 13.3. The lowest BCUT2D eigenvalue weighted by molar-refractivity contribution is 0.0696. The summed E-state index contributed by atoms with van der Waals surface area (Å²) in [5.74, 6) is -1.08. The van der Waals surface area contributed by atoms with Crippen molar-refractivity contribution in [3.8, 4) is 0 Å². The smallest absolute Gasteiger partial charge is 0.337 e. The highest BCUT2D eigenvalue weighted by atomic mass is 35.5. The number of rotatable bonds is 4. The lowest BCUT2D eigenvalue weighted by Crippen LogP contribution is -2.15. The van der Waals surface area contributed by atoms with E-state index in [9.17, 15) is 9.90 Å². The molecule has 0 radical (unpaired) electrons. The Bertz CT molecular complexity index is 398. The van der Waals surface area contributed by atoms with E-state index in [1.807, 2.05) is 6.92 Å². The van der Waals surface area contributed by atoms with Crippen molar-refractivity contribution < 1.29 is 15.0 Å². The lowest BCUT2D eigenvalue weighted by Gasteiger charge is -2.14. The fourth-order valence-corrected chi connectivity index (χ4v) is 2.16. The molecule has 2 unspecified atom stereocenters. The molecule has 0 aliphatic carbocycles. The van der Waals surface area contributed by atoms with Crippen LogP contribution in [0.1, 0.15) is 24.2 Å². The molecule has 0 spiro atoms. The van der Waals surface area contributed by atoms with Crippen LogP contribution in [0.3, 0.4) is 0 Å². The summed E-state index contributed by atoms with van der Waals surface area (Å²) < 4.78 is 0. The van der Waals surface area contributed by atoms with Gasteiger partial charge in [-0.2, -0.15) is 0 Å². The predicted molar refractivity (Wildman–Crippen MR) is 63.2 cm³/mol. The molecule has 0 aliphatic rings. The zero-order valence-corrected chi connectivity index (χ0v) is 10.4. The summed E-state index contributed by atoms with van der Waals surface area (Å²) in [6.45, 7) is 3.48. The summed E-state index contributed by atoms with van der Waals surface area (Å²) in [5, 5.41) is 18.6. The van der Waals surface area contributed by atoms with Crippen molar-refractivity contribution in [3.63, 3.8) is 0 Å². The van der Waals surface area contributed by atoms with Crippen molar-refractivity contribution in [2.45, 2.75) is 30.2 Å². The normalized spacial score (nSPS) is 14.5. The zero-order chi connectivity index (χ0) is 12.3. The number of hydrogen-bond acceptors (Lipinski definition) is 4. The van der Waals surface area contributed by atoms with Gasteiger partial charge in [-0.15, -0.1) is 0 Å². The monoisotopic (exact) mass is 261 g/mol. The van der Waals surface area contributed by atoms with Crippen LogP contribution in [0.4, 0.5) is 0 Å². The molecule has 0 amide bonds. The molecule has 16 heavy (non-hydrogen) atoms. The van der Waals surface area contributed by atoms with Gasteiger partial charge in [0.1, 0.15) is 5.03 Å². The first-order valence-corrected chi connectivity index (χ1v) is 5.91. The number of pyridine rings is 1. The topological polar surface area (TPSA) is 70.4 Å². The number of hydrogen-bond donors (Lipinski definition) is 2. The van der Waals surface area contributed by atoms with Gasteiger partial charge >= 0.3 is 5.97 Å². The molecule has 0 bridgehead atoms. The molecule has 0 aliphatic heterocycles. The van der Waals surface area contributed by atoms with E-state index in [1.165, 1.54) is 24.0 Å². The van der Waals surface area contributed by atoms with Crippen molar-refractivity contribution in [2.24, 2.45) is 0 Å². The Hall–Kier alpha value is -0.780. The van der Waals surface area contributed by atoms with Gasteiger partial charge in [-0.05, 0) is 13.0 Å². The van der Waals surface area contributed by atoms with Crippen LogP contribution in [0, 0.1) is 0 Å². The molecule has 0 saturated carbocycles. The Balaban J connectivity index is 2.98. The Morgan fingerprint density at radius 2 is 2.19 bits per heavy atom. The molecule has 1 rings (SSSR count). The van der Waals surface area contributed by atoms with E-state index in [1.54, 1.807) is 6.92 Å². The highest BCUT2D eigenvalue weighted by molar-refractivity contribution is 8.00. The van der Waals surface area contributed by atoms with Crippen LogP contribution >= 0.6 is 23.4 Å². The number of aromatic nitrogens is 1. The van der Waals surface area contributed by atoms with Crippen LogP contribution in [0.25, 0.3) is 0 Å². The number of halogens is 1. The van der Waals surface area contributed by atoms with E-state index in [0.29, 0.717) is 5.03 Å². The van der Waals surface area contributed by atoms with E-state index >= 15 is 0 Å². The Kier molecular flexibility index (Phi) is 4.58. The number of aliphatic hydroxyl groups is 1. The number of nitrogens with zero attached hydrogens (tertiary/aromatic N) is 1. The number of carboxylic acid groups (broad SMARTS) is 1. The molecule has 0 fully saturated rings. The predicted octanol–water partition coefficient (Wildman–Crippen LogP) is 2.29. The number of carboxylic acids is 1. The number of aromatic carboxylic acids is 1. The van der Waals surface area contributed by atoms with Gasteiger partial charge in [0.15, 0.2) is 0 Å². The molecule has 2 atom stereocenters. The Morgan fingerprint density at radius 3 is 2.69 bits per heavy atom. The van der Waals surface area contributed by atoms with Gasteiger partial charge in [0, 0.05) is 11.4 Å². The van der Waals surface area contributed by atoms with Gasteiger partial charge < -0.3 is 10.2 Å². The molecular formula is C10H12ClNO3S. The van der Waals surface area contributed by atoms with E-state index in [4.69, 9.17) is 16.7 Å². The number of carbonyl (C=O) groups is 1. The van der Waals surface area contributed by atoms with Crippen LogP contribution < -0.4 is 0 Å². The number of aliphatic hydroxyl groups excluding tert-OH is 1. The molecule has 4 nitrogen and oxygen atoms in total. The second-order valence-corrected chi connectivity index (χ2v) is 5.09. The highest BCUT2D eigenvalue weighted by Crippen LogP contribution is 2.31. The van der Waals surface area contributed by atoms with Crippen LogP contribution in [-0.2, 0) is 0 Å². The fourth-order valence-electron chi connectivity index (χ4n) is 0.946. The maximum atomic E-state index is 10.8. The Labute approximate surface area is 103 Å². The van der Waals surface area contributed by atoms with Gasteiger partial charge in [0.2, 0.25) is 0 Å². The molecule has 1 aromatic heterocycles. The summed E-state index contributed by atoms with van der Waals surface area (Å²) >= 11 is 7.16. The SMILES string of the molecule is CC(O)C(C)Sc1nccc(C(=O)O)c1Cl. The minimum absolute atomic E-state index is 0.0250. The van der Waals surface area contributed by atoms with Crippen molar-refractivity contribution in [1.82, 2.24) is 4.98 Å². The van der Waals surface area contributed by atoms with Gasteiger partial charge in [-0.1, -0.05) is 30.3 Å². The third-order valence-electron chi connectivity index (χ3n) is 2.06. The second-order valence-electron chi connectivity index (χ2n) is 3.35. The van der Waals surface area contributed by atoms with Crippen LogP contribution in [0.2, 0.25) is 5.02 Å². The van der Waals surface area contributed by atoms with Gasteiger partial charge in [0.25, 0.3) is 0 Å². The quantitative estimate of drug-likeness (QED) is 0.814. The van der Waals surface area contributed by atoms with Crippen LogP contribution in [-0.4, -0.2) is 32.5 Å². The van der Waals surface area contributed by atoms with Crippen molar-refractivity contribution in [3.05, 3.63) is 22.8 Å². The van der Waals surface area contributed by atoms with Crippen LogP contribution in [0.5, 0.6) is 0 Å². The maximum absolute atomic E-state index is 10.8. The molecule has 1 heterocycles. The standard InChI is InChI=1S/C10H12ClNO3S/c1-5(13)6(2)16-9-8(11)7(10(14)15)3-4-12-9/h3-6,13H,1-2H3,(H,14,15). The van der Waals surface area contributed by atoms with Crippen molar-refractivity contribution in [1.29, 1.82) is 0 Å². The lowest BCUT2D eigenvalue weighted by atomic mass is 10.3. The van der Waals surface area contributed by atoms with Crippen molar-refractivity contribution in [2.75, 3.05) is 0 Å². The minimum atomic E-state index is -1.08. The Morgan fingerprint density at radius 1 is 1.56 bits per heavy atom. The van der Waals surface area contributed by atoms with E-state index in [2.05, 4.69) is 4.98 Å². The fraction of sp³-hybridized carbons (Fsp3) is 0.400. The van der Waals surface area contributed by atoms with Gasteiger partial charge in [-0.3, -0.25) is 0 Å². The average Bonchev–Trinajstić information content (AvgIpc) is 2.20. The third-order valence-corrected chi connectivity index (χ3v) is 3.86. The van der Waals surface area contributed by atoms with Gasteiger partial charge in [0.05, 0.1) is 16.7 Å². The molecule has 0 aromatic carbocycles. The third kappa shape index (κ3) is 3.10. The van der Waals surface area contributed by atoms with Crippen LogP contribution in [0.15, 0.2) is 17.3 Å². The summed E-state index contributed by atoms with van der Waals surface area (Å²) in [7, 11) is 0. The molecule has 88 valence electrons. The van der Waals surface area contributed by atoms with E-state index in [0.717, 1.165) is 0 Å². The zero-order valence-electron chi connectivity index (χ0n) is 8.85. The largest absolute Gasteiger partial charge is 0.478 e. The summed E-state index contributed by atoms with van der Waals surface area (Å²) in [4.78, 5) is 14.8. The molecular weight excluding hydrogens is 250 g/mol. The van der Waals surface area contributed by atoms with E-state index in [-0.39, 0.29) is 15.8 Å². The summed E-state index contributed by atoms with van der Waals surface area (Å²) in [6.07, 6.45) is 0.878. The average molecular weight is 262 g/mol. The molecule has 1 aromatic rings. The first-order chi connectivity index (χ1) is 7.43. The van der Waals surface area contributed by atoms with Crippen molar-refractivity contribution >= 4 is 29.3 Å². The van der Waals surface area contributed by atoms with E-state index < -0.39 is 12.1 Å². The number of thioether (sulfide) groups is 1. The van der Waals surface area contributed by atoms with Gasteiger partial charge in [-0.25, -0.2) is 9.78 Å². The highest BCUT2D eigenvalue weighted by Gasteiger charge is 2.17. The summed E-state index contributed by atoms with van der Waals surface area (Å²) in [6, 6.07) is 1.35. The maximum Gasteiger partial charge on any atom is 0.337 e. The molecule has 2 N–H and O–H groups in total. The minimum Gasteiger partial charge on any atom is -0.478 e. The molecule has 0 saturated heterocycles.